The Bertz CT molecular complexity index is 1070. The molecule has 3 aromatic carbocycles. The first kappa shape index (κ1) is 29.5. The normalized spacial score (nSPS) is 11.8. The lowest BCUT2D eigenvalue weighted by molar-refractivity contribution is -0.148. The highest BCUT2D eigenvalue weighted by atomic mass is 16.5. The van der Waals surface area contributed by atoms with Crippen molar-refractivity contribution in [2.75, 3.05) is 6.61 Å². The Morgan fingerprint density at radius 3 is 1.68 bits per heavy atom. The third-order valence-corrected chi connectivity index (χ3v) is 7.14. The van der Waals surface area contributed by atoms with Crippen molar-refractivity contribution in [3.05, 3.63) is 78.4 Å². The average molecular weight is 515 g/mol. The van der Waals surface area contributed by atoms with Gasteiger partial charge >= 0.3 is 5.97 Å². The molecule has 3 aromatic rings. The Morgan fingerprint density at radius 1 is 0.658 bits per heavy atom. The summed E-state index contributed by atoms with van der Waals surface area (Å²) in [6.07, 6.45) is 12.9. The highest BCUT2D eigenvalue weighted by Gasteiger charge is 2.13. The second kappa shape index (κ2) is 16.7. The second-order valence-electron chi connectivity index (χ2n) is 10.2. The molecule has 0 radical (unpaired) electrons. The van der Waals surface area contributed by atoms with Gasteiger partial charge < -0.3 is 9.47 Å². The lowest BCUT2D eigenvalue weighted by Crippen LogP contribution is -2.08. The molecule has 0 heterocycles. The van der Waals surface area contributed by atoms with E-state index in [2.05, 4.69) is 67.6 Å². The molecular weight excluding hydrogens is 468 g/mol. The van der Waals surface area contributed by atoms with E-state index in [1.54, 1.807) is 0 Å². The van der Waals surface area contributed by atoms with Gasteiger partial charge in [-0.1, -0.05) is 125 Å². The van der Waals surface area contributed by atoms with E-state index in [1.807, 2.05) is 26.0 Å². The molecule has 0 spiro atoms. The number of carbonyl (C=O) groups excluding carboxylic acids is 1. The number of esters is 1. The largest absolute Gasteiger partial charge is 0.494 e. The monoisotopic (exact) mass is 514 g/mol. The fourth-order valence-electron chi connectivity index (χ4n) is 4.90. The van der Waals surface area contributed by atoms with Crippen LogP contribution in [0.4, 0.5) is 0 Å². The lowest BCUT2D eigenvalue weighted by Gasteiger charge is -2.15. The smallest absolute Gasteiger partial charge is 0.306 e. The van der Waals surface area contributed by atoms with Crippen LogP contribution in [-0.4, -0.2) is 12.6 Å². The first-order chi connectivity index (χ1) is 18.6. The van der Waals surface area contributed by atoms with E-state index in [4.69, 9.17) is 9.47 Å². The molecule has 0 saturated heterocycles. The van der Waals surface area contributed by atoms with Crippen molar-refractivity contribution in [1.29, 1.82) is 0 Å². The number of benzene rings is 3. The molecule has 1 unspecified atom stereocenters. The molecule has 0 aliphatic carbocycles. The van der Waals surface area contributed by atoms with Crippen molar-refractivity contribution in [2.24, 2.45) is 0 Å². The van der Waals surface area contributed by atoms with Crippen LogP contribution < -0.4 is 4.74 Å². The van der Waals surface area contributed by atoms with Gasteiger partial charge in [-0.05, 0) is 60.2 Å². The molecule has 0 fully saturated rings. The van der Waals surface area contributed by atoms with E-state index in [9.17, 15) is 4.79 Å². The Balaban J connectivity index is 1.46. The summed E-state index contributed by atoms with van der Waals surface area (Å²) in [5, 5.41) is 0. The van der Waals surface area contributed by atoms with Gasteiger partial charge in [0.2, 0.25) is 0 Å². The standard InChI is InChI=1S/C35H46O3/c1-4-6-7-8-9-10-11-12-13-14-19-35(36)38-28(3)29-20-22-30(23-21-29)33-17-15-16-18-34(33)31-24-26-32(27-25-31)37-5-2/h15-18,20-28H,4-14,19H2,1-3H3. The third-order valence-electron chi connectivity index (χ3n) is 7.14. The van der Waals surface area contributed by atoms with E-state index < -0.39 is 0 Å². The van der Waals surface area contributed by atoms with Gasteiger partial charge in [0.1, 0.15) is 11.9 Å². The Labute approximate surface area is 230 Å². The summed E-state index contributed by atoms with van der Waals surface area (Å²) < 4.78 is 11.3. The van der Waals surface area contributed by atoms with Crippen LogP contribution in [0.1, 0.15) is 103 Å². The predicted octanol–water partition coefficient (Wildman–Crippen LogP) is 10.3. The van der Waals surface area contributed by atoms with Crippen LogP contribution in [0, 0.1) is 0 Å². The molecule has 0 aliphatic rings. The van der Waals surface area contributed by atoms with Gasteiger partial charge in [-0.25, -0.2) is 0 Å². The maximum atomic E-state index is 12.4. The van der Waals surface area contributed by atoms with Gasteiger partial charge in [-0.2, -0.15) is 0 Å². The molecular formula is C35H46O3. The van der Waals surface area contributed by atoms with Gasteiger partial charge in [0.25, 0.3) is 0 Å². The van der Waals surface area contributed by atoms with Crippen LogP contribution in [0.3, 0.4) is 0 Å². The maximum Gasteiger partial charge on any atom is 0.306 e. The molecule has 0 saturated carbocycles. The van der Waals surface area contributed by atoms with Gasteiger partial charge in [0.05, 0.1) is 6.61 Å². The topological polar surface area (TPSA) is 35.5 Å². The van der Waals surface area contributed by atoms with Gasteiger partial charge in [0.15, 0.2) is 0 Å². The molecule has 0 aliphatic heterocycles. The van der Waals surface area contributed by atoms with Crippen LogP contribution in [0.2, 0.25) is 0 Å². The van der Waals surface area contributed by atoms with Crippen LogP contribution in [0.5, 0.6) is 5.75 Å². The van der Waals surface area contributed by atoms with Crippen molar-refractivity contribution >= 4 is 5.97 Å². The van der Waals surface area contributed by atoms with Crippen LogP contribution >= 0.6 is 0 Å². The molecule has 3 nitrogen and oxygen atoms in total. The summed E-state index contributed by atoms with van der Waals surface area (Å²) in [7, 11) is 0. The molecule has 0 N–H and O–H groups in total. The molecule has 0 amide bonds. The van der Waals surface area contributed by atoms with Crippen molar-refractivity contribution in [1.82, 2.24) is 0 Å². The summed E-state index contributed by atoms with van der Waals surface area (Å²) in [6, 6.07) is 25.1. The second-order valence-corrected chi connectivity index (χ2v) is 10.2. The summed E-state index contributed by atoms with van der Waals surface area (Å²) >= 11 is 0. The first-order valence-electron chi connectivity index (χ1n) is 14.7. The van der Waals surface area contributed by atoms with Crippen molar-refractivity contribution in [2.45, 2.75) is 97.5 Å². The molecule has 1 atom stereocenters. The van der Waals surface area contributed by atoms with Crippen LogP contribution in [0.15, 0.2) is 72.8 Å². The molecule has 0 bridgehead atoms. The average Bonchev–Trinajstić information content (AvgIpc) is 2.95. The zero-order valence-electron chi connectivity index (χ0n) is 23.7. The first-order valence-corrected chi connectivity index (χ1v) is 14.7. The minimum absolute atomic E-state index is 0.0954. The zero-order chi connectivity index (χ0) is 27.0. The summed E-state index contributed by atoms with van der Waals surface area (Å²) in [5.74, 6) is 0.789. The van der Waals surface area contributed by atoms with E-state index in [-0.39, 0.29) is 12.1 Å². The summed E-state index contributed by atoms with van der Waals surface area (Å²) in [5.41, 5.74) is 5.67. The maximum absolute atomic E-state index is 12.4. The molecule has 0 aromatic heterocycles. The van der Waals surface area contributed by atoms with Gasteiger partial charge in [-0.3, -0.25) is 4.79 Å². The van der Waals surface area contributed by atoms with Crippen molar-refractivity contribution in [3.8, 4) is 28.0 Å². The van der Waals surface area contributed by atoms with E-state index in [0.717, 1.165) is 35.3 Å². The minimum atomic E-state index is -0.249. The Hall–Kier alpha value is -3.07. The van der Waals surface area contributed by atoms with E-state index >= 15 is 0 Å². The fraction of sp³-hybridized carbons (Fsp3) is 0.457. The molecule has 38 heavy (non-hydrogen) atoms. The Kier molecular flexibility index (Phi) is 13.0. The number of ether oxygens (including phenoxy) is 2. The summed E-state index contributed by atoms with van der Waals surface area (Å²) in [4.78, 5) is 12.4. The van der Waals surface area contributed by atoms with E-state index in [1.165, 1.54) is 62.5 Å². The van der Waals surface area contributed by atoms with Gasteiger partial charge in [0, 0.05) is 6.42 Å². The van der Waals surface area contributed by atoms with Crippen LogP contribution in [-0.2, 0) is 9.53 Å². The minimum Gasteiger partial charge on any atom is -0.494 e. The number of hydrogen-bond acceptors (Lipinski definition) is 3. The highest BCUT2D eigenvalue weighted by Crippen LogP contribution is 2.33. The SMILES string of the molecule is CCCCCCCCCCCCC(=O)OC(C)c1ccc(-c2ccccc2-c2ccc(OCC)cc2)cc1. The predicted molar refractivity (Wildman–Crippen MR) is 159 cm³/mol. The summed E-state index contributed by atoms with van der Waals surface area (Å²) in [6.45, 7) is 6.87. The number of carbonyl (C=O) groups is 1. The zero-order valence-corrected chi connectivity index (χ0v) is 23.7. The van der Waals surface area contributed by atoms with Gasteiger partial charge in [-0.15, -0.1) is 0 Å². The third kappa shape index (κ3) is 9.67. The van der Waals surface area contributed by atoms with E-state index in [0.29, 0.717) is 13.0 Å². The number of rotatable bonds is 17. The van der Waals surface area contributed by atoms with Crippen LogP contribution in [0.25, 0.3) is 22.3 Å². The fourth-order valence-corrected chi connectivity index (χ4v) is 4.90. The number of unbranched alkanes of at least 4 members (excludes halogenated alkanes) is 9. The number of hydrogen-bond donors (Lipinski definition) is 0. The molecule has 3 heteroatoms. The Morgan fingerprint density at radius 2 is 1.16 bits per heavy atom. The van der Waals surface area contributed by atoms with Crippen molar-refractivity contribution in [3.63, 3.8) is 0 Å². The quantitative estimate of drug-likeness (QED) is 0.133. The molecule has 3 rings (SSSR count). The van der Waals surface area contributed by atoms with Crippen molar-refractivity contribution < 1.29 is 14.3 Å². The lowest BCUT2D eigenvalue weighted by atomic mass is 9.94. The highest BCUT2D eigenvalue weighted by molar-refractivity contribution is 5.83. The molecule has 204 valence electrons.